The van der Waals surface area contributed by atoms with Crippen molar-refractivity contribution in [3.05, 3.63) is 52.6 Å². The third-order valence-corrected chi connectivity index (χ3v) is 4.84. The molecule has 2 aromatic rings. The van der Waals surface area contributed by atoms with Crippen LogP contribution >= 0.6 is 11.8 Å². The lowest BCUT2D eigenvalue weighted by Gasteiger charge is -2.05. The summed E-state index contributed by atoms with van der Waals surface area (Å²) in [6.07, 6.45) is 1.67. The summed E-state index contributed by atoms with van der Waals surface area (Å²) in [6.45, 7) is 0. The Balaban J connectivity index is 1.94. The Hall–Kier alpha value is -2.80. The number of nitrogens with zero attached hydrogens (tertiary/aromatic N) is 2. The molecule has 1 aromatic carbocycles. The summed E-state index contributed by atoms with van der Waals surface area (Å²) >= 11 is 1.29. The van der Waals surface area contributed by atoms with Crippen LogP contribution < -0.4 is 0 Å². The van der Waals surface area contributed by atoms with Crippen LogP contribution in [0.25, 0.3) is 17.4 Å². The Morgan fingerprint density at radius 1 is 1.28 bits per heavy atom. The molecular weight excluding hydrogens is 340 g/mol. The number of likely N-dealkylation sites (N-methyl/N-ethyl adjacent to an activating group) is 1. The van der Waals surface area contributed by atoms with E-state index in [4.69, 9.17) is 9.15 Å². The summed E-state index contributed by atoms with van der Waals surface area (Å²) < 4.78 is 10.6. The highest BCUT2D eigenvalue weighted by atomic mass is 32.2. The van der Waals surface area contributed by atoms with Crippen molar-refractivity contribution in [3.8, 4) is 11.3 Å². The Bertz CT molecular complexity index is 898. The number of carbonyl (C=O) groups excluding carboxylic acids is 2. The molecule has 1 aliphatic rings. The number of amidine groups is 1. The van der Waals surface area contributed by atoms with Gasteiger partial charge in [-0.1, -0.05) is 18.2 Å². The fraction of sp³-hybridized carbons (Fsp3) is 0.167. The van der Waals surface area contributed by atoms with Gasteiger partial charge >= 0.3 is 5.97 Å². The van der Waals surface area contributed by atoms with E-state index in [9.17, 15) is 9.59 Å². The van der Waals surface area contributed by atoms with Crippen LogP contribution in [-0.2, 0) is 9.53 Å². The third kappa shape index (κ3) is 3.23. The maximum Gasteiger partial charge on any atom is 0.338 e. The van der Waals surface area contributed by atoms with Gasteiger partial charge in [0.1, 0.15) is 11.5 Å². The molecule has 1 fully saturated rings. The molecule has 0 spiro atoms. The van der Waals surface area contributed by atoms with E-state index in [0.717, 1.165) is 0 Å². The molecule has 0 atom stereocenters. The van der Waals surface area contributed by atoms with E-state index in [1.165, 1.54) is 23.8 Å². The van der Waals surface area contributed by atoms with E-state index in [0.29, 0.717) is 32.7 Å². The van der Waals surface area contributed by atoms with Gasteiger partial charge in [0.05, 0.1) is 17.6 Å². The lowest BCUT2D eigenvalue weighted by atomic mass is 10.1. The number of furan rings is 1. The molecule has 0 bridgehead atoms. The first-order valence-corrected chi connectivity index (χ1v) is 8.28. The van der Waals surface area contributed by atoms with Gasteiger partial charge in [0.25, 0.3) is 5.91 Å². The SMILES string of the molecule is CN=C1S/C(=C/c2ccc(-c3ccccc3C(=O)OC)o2)C(=O)N1C. The summed E-state index contributed by atoms with van der Waals surface area (Å²) in [4.78, 5) is 30.2. The number of carbonyl (C=O) groups is 2. The summed E-state index contributed by atoms with van der Waals surface area (Å²) in [7, 11) is 4.66. The number of ether oxygens (including phenoxy) is 1. The van der Waals surface area contributed by atoms with Crippen LogP contribution in [-0.4, -0.2) is 43.1 Å². The van der Waals surface area contributed by atoms with E-state index < -0.39 is 5.97 Å². The van der Waals surface area contributed by atoms with Gasteiger partial charge < -0.3 is 9.15 Å². The average molecular weight is 356 g/mol. The van der Waals surface area contributed by atoms with Crippen LogP contribution in [0.3, 0.4) is 0 Å². The zero-order valence-corrected chi connectivity index (χ0v) is 14.8. The van der Waals surface area contributed by atoms with E-state index in [1.54, 1.807) is 50.5 Å². The van der Waals surface area contributed by atoms with Crippen molar-refractivity contribution in [1.29, 1.82) is 0 Å². The topological polar surface area (TPSA) is 72.1 Å². The van der Waals surface area contributed by atoms with E-state index in [-0.39, 0.29) is 5.91 Å². The Morgan fingerprint density at radius 3 is 2.72 bits per heavy atom. The van der Waals surface area contributed by atoms with Gasteiger partial charge in [-0.25, -0.2) is 4.79 Å². The predicted octanol–water partition coefficient (Wildman–Crippen LogP) is 3.27. The molecule has 0 radical (unpaired) electrons. The first kappa shape index (κ1) is 17.0. The van der Waals surface area contributed by atoms with Crippen LogP contribution in [0, 0.1) is 0 Å². The van der Waals surface area contributed by atoms with Gasteiger partial charge in [-0.15, -0.1) is 0 Å². The second kappa shape index (κ2) is 6.98. The smallest absolute Gasteiger partial charge is 0.338 e. The number of thioether (sulfide) groups is 1. The van der Waals surface area contributed by atoms with Gasteiger partial charge in [0.2, 0.25) is 0 Å². The molecule has 0 aliphatic carbocycles. The second-order valence-electron chi connectivity index (χ2n) is 5.22. The number of esters is 1. The maximum absolute atomic E-state index is 12.2. The number of rotatable bonds is 3. The molecule has 1 aliphatic heterocycles. The summed E-state index contributed by atoms with van der Waals surface area (Å²) in [5, 5.41) is 0.638. The first-order valence-electron chi connectivity index (χ1n) is 7.47. The quantitative estimate of drug-likeness (QED) is 0.623. The van der Waals surface area contributed by atoms with Gasteiger partial charge in [0.15, 0.2) is 5.17 Å². The van der Waals surface area contributed by atoms with Crippen molar-refractivity contribution in [2.45, 2.75) is 0 Å². The van der Waals surface area contributed by atoms with Crippen molar-refractivity contribution >= 4 is 34.9 Å². The molecule has 1 amide bonds. The van der Waals surface area contributed by atoms with Crippen LogP contribution in [0.1, 0.15) is 16.1 Å². The highest BCUT2D eigenvalue weighted by Gasteiger charge is 2.30. The molecular formula is C18H16N2O4S. The minimum Gasteiger partial charge on any atom is -0.465 e. The monoisotopic (exact) mass is 356 g/mol. The zero-order valence-electron chi connectivity index (χ0n) is 14.0. The fourth-order valence-electron chi connectivity index (χ4n) is 2.44. The predicted molar refractivity (Wildman–Crippen MR) is 97.2 cm³/mol. The summed E-state index contributed by atoms with van der Waals surface area (Å²) in [5.74, 6) is 0.495. The largest absolute Gasteiger partial charge is 0.465 e. The molecule has 0 saturated carbocycles. The van der Waals surface area contributed by atoms with Crippen molar-refractivity contribution < 1.29 is 18.7 Å². The highest BCUT2D eigenvalue weighted by molar-refractivity contribution is 8.18. The van der Waals surface area contributed by atoms with E-state index in [1.807, 2.05) is 6.07 Å². The number of hydrogen-bond donors (Lipinski definition) is 0. The fourth-order valence-corrected chi connectivity index (χ4v) is 3.35. The second-order valence-corrected chi connectivity index (χ2v) is 6.23. The van der Waals surface area contributed by atoms with Gasteiger partial charge in [-0.05, 0) is 30.0 Å². The Kier molecular flexibility index (Phi) is 4.76. The van der Waals surface area contributed by atoms with Gasteiger partial charge in [-0.3, -0.25) is 14.7 Å². The number of benzene rings is 1. The van der Waals surface area contributed by atoms with Gasteiger partial charge in [-0.2, -0.15) is 0 Å². The minimum atomic E-state index is -0.432. The number of hydrogen-bond acceptors (Lipinski definition) is 6. The molecule has 0 N–H and O–H groups in total. The maximum atomic E-state index is 12.2. The van der Waals surface area contributed by atoms with Crippen molar-refractivity contribution in [2.24, 2.45) is 4.99 Å². The van der Waals surface area contributed by atoms with Crippen LogP contribution in [0.4, 0.5) is 0 Å². The molecule has 128 valence electrons. The molecule has 6 nitrogen and oxygen atoms in total. The lowest BCUT2D eigenvalue weighted by Crippen LogP contribution is -2.23. The van der Waals surface area contributed by atoms with Crippen molar-refractivity contribution in [1.82, 2.24) is 4.90 Å². The zero-order chi connectivity index (χ0) is 18.0. The molecule has 7 heteroatoms. The molecule has 2 heterocycles. The van der Waals surface area contributed by atoms with Crippen molar-refractivity contribution in [3.63, 3.8) is 0 Å². The first-order chi connectivity index (χ1) is 12.0. The number of methoxy groups -OCH3 is 1. The molecule has 1 saturated heterocycles. The highest BCUT2D eigenvalue weighted by Crippen LogP contribution is 2.33. The lowest BCUT2D eigenvalue weighted by molar-refractivity contribution is -0.121. The molecule has 0 unspecified atom stereocenters. The minimum absolute atomic E-state index is 0.126. The third-order valence-electron chi connectivity index (χ3n) is 3.69. The van der Waals surface area contributed by atoms with Crippen LogP contribution in [0.2, 0.25) is 0 Å². The average Bonchev–Trinajstić information content (AvgIpc) is 3.21. The molecule has 25 heavy (non-hydrogen) atoms. The number of amides is 1. The molecule has 3 rings (SSSR count). The Morgan fingerprint density at radius 2 is 2.04 bits per heavy atom. The molecule has 1 aromatic heterocycles. The van der Waals surface area contributed by atoms with E-state index in [2.05, 4.69) is 4.99 Å². The van der Waals surface area contributed by atoms with Crippen LogP contribution in [0.5, 0.6) is 0 Å². The standard InChI is InChI=1S/C18H16N2O4S/c1-19-18-20(2)16(21)15(25-18)10-11-8-9-14(24-11)12-6-4-5-7-13(12)17(22)23-3/h4-10H,1-3H3/b15-10+,19-18?. The van der Waals surface area contributed by atoms with Crippen molar-refractivity contribution in [2.75, 3.05) is 21.2 Å². The van der Waals surface area contributed by atoms with Gasteiger partial charge in [0, 0.05) is 25.7 Å². The summed E-state index contributed by atoms with van der Waals surface area (Å²) in [5.41, 5.74) is 1.06. The number of aliphatic imine (C=N–C) groups is 1. The Labute approximate surface area is 149 Å². The van der Waals surface area contributed by atoms with E-state index >= 15 is 0 Å². The normalized spacial score (nSPS) is 17.6. The summed E-state index contributed by atoms with van der Waals surface area (Å²) in [6, 6.07) is 10.6. The van der Waals surface area contributed by atoms with Crippen LogP contribution in [0.15, 0.2) is 50.7 Å².